The van der Waals surface area contributed by atoms with Gasteiger partial charge in [-0.25, -0.2) is 16.8 Å². The van der Waals surface area contributed by atoms with Gasteiger partial charge in [0.15, 0.2) is 0 Å². The van der Waals surface area contributed by atoms with Crippen molar-refractivity contribution in [3.63, 3.8) is 0 Å². The molecule has 0 aliphatic rings. The van der Waals surface area contributed by atoms with E-state index in [1.54, 1.807) is 19.1 Å². The molecule has 2 N–H and O–H groups in total. The number of hydrogen-bond donors (Lipinski definition) is 2. The fourth-order valence-corrected chi connectivity index (χ4v) is 6.08. The van der Waals surface area contributed by atoms with Gasteiger partial charge >= 0.3 is 0 Å². The van der Waals surface area contributed by atoms with Crippen LogP contribution < -0.4 is 19.1 Å². The molecule has 3 aromatic carbocycles. The van der Waals surface area contributed by atoms with Gasteiger partial charge in [0.05, 0.1) is 34.7 Å². The molecule has 198 valence electrons. The molecule has 0 aliphatic heterocycles. The third-order valence-electron chi connectivity index (χ3n) is 5.33. The molecule has 0 fully saturated rings. The van der Waals surface area contributed by atoms with E-state index in [-0.39, 0.29) is 21.3 Å². The first-order valence-corrected chi connectivity index (χ1v) is 14.8. The van der Waals surface area contributed by atoms with Crippen LogP contribution in [0.4, 0.5) is 17.1 Å². The SMILES string of the molecule is COc1ccc(N([C@@H](C)C(=O)Nc2ccc(S(=O)(=O)Nc3ccc(C)c(Cl)c3)cc2)S(C)(=O)=O)cc1Cl. The molecule has 9 nitrogen and oxygen atoms in total. The number of sulfonamides is 2. The van der Waals surface area contributed by atoms with E-state index in [0.29, 0.717) is 16.5 Å². The third-order valence-corrected chi connectivity index (χ3v) is 8.68. The van der Waals surface area contributed by atoms with Crippen molar-refractivity contribution in [2.45, 2.75) is 24.8 Å². The Morgan fingerprint density at radius 3 is 2.08 bits per heavy atom. The lowest BCUT2D eigenvalue weighted by atomic mass is 10.2. The number of carbonyl (C=O) groups excluding carboxylic acids is 1. The minimum absolute atomic E-state index is 0.0408. The zero-order chi connectivity index (χ0) is 27.5. The molecule has 1 amide bonds. The van der Waals surface area contributed by atoms with E-state index in [1.807, 2.05) is 0 Å². The van der Waals surface area contributed by atoms with Gasteiger partial charge in [-0.1, -0.05) is 29.3 Å². The maximum absolute atomic E-state index is 12.9. The van der Waals surface area contributed by atoms with E-state index in [2.05, 4.69) is 10.0 Å². The highest BCUT2D eigenvalue weighted by Gasteiger charge is 2.30. The van der Waals surface area contributed by atoms with Crippen molar-refractivity contribution in [3.8, 4) is 5.75 Å². The first-order chi connectivity index (χ1) is 17.2. The molecule has 0 bridgehead atoms. The Bertz CT molecular complexity index is 1530. The summed E-state index contributed by atoms with van der Waals surface area (Å²) in [5.41, 5.74) is 1.57. The fourth-order valence-electron chi connectivity index (χ4n) is 3.44. The Hall–Kier alpha value is -2.99. The van der Waals surface area contributed by atoms with Crippen LogP contribution in [0.3, 0.4) is 0 Å². The van der Waals surface area contributed by atoms with Gasteiger partial charge in [-0.15, -0.1) is 0 Å². The van der Waals surface area contributed by atoms with Crippen LogP contribution in [0.25, 0.3) is 0 Å². The van der Waals surface area contributed by atoms with E-state index in [0.717, 1.165) is 16.1 Å². The summed E-state index contributed by atoms with van der Waals surface area (Å²) < 4.78 is 59.0. The van der Waals surface area contributed by atoms with Crippen molar-refractivity contribution in [3.05, 3.63) is 76.3 Å². The van der Waals surface area contributed by atoms with Gasteiger partial charge in [-0.2, -0.15) is 0 Å². The molecule has 37 heavy (non-hydrogen) atoms. The van der Waals surface area contributed by atoms with E-state index in [1.165, 1.54) is 62.6 Å². The Balaban J connectivity index is 1.78. The minimum atomic E-state index is -3.91. The third kappa shape index (κ3) is 6.86. The second kappa shape index (κ2) is 11.2. The highest BCUT2D eigenvalue weighted by atomic mass is 35.5. The minimum Gasteiger partial charge on any atom is -0.495 e. The lowest BCUT2D eigenvalue weighted by Crippen LogP contribution is -2.45. The van der Waals surface area contributed by atoms with E-state index in [4.69, 9.17) is 27.9 Å². The van der Waals surface area contributed by atoms with Gasteiger partial charge in [0.1, 0.15) is 11.8 Å². The van der Waals surface area contributed by atoms with Gasteiger partial charge in [0, 0.05) is 10.7 Å². The Labute approximate surface area is 226 Å². The number of hydrogen-bond acceptors (Lipinski definition) is 6. The molecule has 0 heterocycles. The Morgan fingerprint density at radius 2 is 1.54 bits per heavy atom. The first-order valence-electron chi connectivity index (χ1n) is 10.8. The maximum Gasteiger partial charge on any atom is 0.261 e. The molecule has 0 aliphatic carbocycles. The number of methoxy groups -OCH3 is 1. The molecule has 13 heteroatoms. The first kappa shape index (κ1) is 28.6. The van der Waals surface area contributed by atoms with Crippen LogP contribution in [-0.4, -0.2) is 42.2 Å². The van der Waals surface area contributed by atoms with Crippen LogP contribution in [0.15, 0.2) is 65.6 Å². The Morgan fingerprint density at radius 1 is 0.919 bits per heavy atom. The Kier molecular flexibility index (Phi) is 8.63. The predicted molar refractivity (Wildman–Crippen MR) is 147 cm³/mol. The van der Waals surface area contributed by atoms with Crippen molar-refractivity contribution in [1.82, 2.24) is 0 Å². The van der Waals surface area contributed by atoms with E-state index < -0.39 is 32.0 Å². The van der Waals surface area contributed by atoms with Crippen LogP contribution in [0.5, 0.6) is 5.75 Å². The van der Waals surface area contributed by atoms with Gasteiger partial charge in [-0.3, -0.25) is 13.8 Å². The van der Waals surface area contributed by atoms with Crippen molar-refractivity contribution >= 4 is 66.2 Å². The molecule has 0 aromatic heterocycles. The maximum atomic E-state index is 12.9. The van der Waals surface area contributed by atoms with Gasteiger partial charge in [-0.05, 0) is 74.0 Å². The second-order valence-corrected chi connectivity index (χ2v) is 12.5. The molecule has 0 unspecified atom stereocenters. The number of carbonyl (C=O) groups is 1. The molecule has 1 atom stereocenters. The van der Waals surface area contributed by atoms with E-state index in [9.17, 15) is 21.6 Å². The second-order valence-electron chi connectivity index (χ2n) is 8.14. The van der Waals surface area contributed by atoms with Crippen LogP contribution in [0, 0.1) is 6.92 Å². The van der Waals surface area contributed by atoms with E-state index >= 15 is 0 Å². The summed E-state index contributed by atoms with van der Waals surface area (Å²) in [4.78, 5) is 12.9. The topological polar surface area (TPSA) is 122 Å². The fraction of sp³-hybridized carbons (Fsp3) is 0.208. The molecule has 0 saturated carbocycles. The summed E-state index contributed by atoms with van der Waals surface area (Å²) >= 11 is 12.2. The van der Waals surface area contributed by atoms with Crippen molar-refractivity contribution < 1.29 is 26.4 Å². The number of nitrogens with zero attached hydrogens (tertiary/aromatic N) is 1. The molecular weight excluding hydrogens is 561 g/mol. The van der Waals surface area contributed by atoms with Crippen molar-refractivity contribution in [2.75, 3.05) is 27.7 Å². The standard InChI is InChI=1S/C24H25Cl2N3O6S2/c1-15-5-6-18(13-21(15)25)28-37(33,34)20-10-7-17(8-11-20)27-24(30)16(2)29(36(4,31)32)19-9-12-23(35-3)22(26)14-19/h5-14,16,28H,1-4H3,(H,27,30)/t16-/m0/s1. The molecule has 0 spiro atoms. The summed E-state index contributed by atoms with van der Waals surface area (Å²) in [7, 11) is -6.36. The number of ether oxygens (including phenoxy) is 1. The number of aryl methyl sites for hydroxylation is 1. The predicted octanol–water partition coefficient (Wildman–Crippen LogP) is 4.90. The van der Waals surface area contributed by atoms with Crippen molar-refractivity contribution in [1.29, 1.82) is 0 Å². The van der Waals surface area contributed by atoms with Crippen LogP contribution in [-0.2, 0) is 24.8 Å². The van der Waals surface area contributed by atoms with Gasteiger partial charge in [0.2, 0.25) is 15.9 Å². The largest absolute Gasteiger partial charge is 0.495 e. The number of amides is 1. The number of halogens is 2. The number of benzene rings is 3. The summed E-state index contributed by atoms with van der Waals surface area (Å²) in [5, 5.41) is 3.21. The summed E-state index contributed by atoms with van der Waals surface area (Å²) in [6.07, 6.45) is 0.975. The molecule has 0 saturated heterocycles. The lowest BCUT2D eigenvalue weighted by molar-refractivity contribution is -0.116. The van der Waals surface area contributed by atoms with Crippen LogP contribution in [0.1, 0.15) is 12.5 Å². The van der Waals surface area contributed by atoms with Crippen LogP contribution in [0.2, 0.25) is 10.0 Å². The highest BCUT2D eigenvalue weighted by molar-refractivity contribution is 7.92. The smallest absolute Gasteiger partial charge is 0.261 e. The normalized spacial score (nSPS) is 12.5. The molecule has 0 radical (unpaired) electrons. The zero-order valence-corrected chi connectivity index (χ0v) is 23.5. The van der Waals surface area contributed by atoms with Crippen molar-refractivity contribution in [2.24, 2.45) is 0 Å². The quantitative estimate of drug-likeness (QED) is 0.368. The number of rotatable bonds is 9. The average Bonchev–Trinajstić information content (AvgIpc) is 2.81. The average molecular weight is 587 g/mol. The van der Waals surface area contributed by atoms with Gasteiger partial charge in [0.25, 0.3) is 10.0 Å². The summed E-state index contributed by atoms with van der Waals surface area (Å²) in [6.45, 7) is 3.22. The lowest BCUT2D eigenvalue weighted by Gasteiger charge is -2.28. The summed E-state index contributed by atoms with van der Waals surface area (Å²) in [6, 6.07) is 13.4. The van der Waals surface area contributed by atoms with Gasteiger partial charge < -0.3 is 10.1 Å². The van der Waals surface area contributed by atoms with Crippen LogP contribution >= 0.6 is 23.2 Å². The zero-order valence-electron chi connectivity index (χ0n) is 20.3. The monoisotopic (exact) mass is 585 g/mol. The number of nitrogens with one attached hydrogen (secondary N) is 2. The number of anilines is 3. The molecule has 3 rings (SSSR count). The summed E-state index contributed by atoms with van der Waals surface area (Å²) in [5.74, 6) is -0.286. The molecular formula is C24H25Cl2N3O6S2. The molecule has 3 aromatic rings. The highest BCUT2D eigenvalue weighted by Crippen LogP contribution is 2.31.